The van der Waals surface area contributed by atoms with Crippen molar-refractivity contribution in [2.75, 3.05) is 19.6 Å². The Bertz CT molecular complexity index is 595. The van der Waals surface area contributed by atoms with Crippen LogP contribution in [0, 0.1) is 5.92 Å². The zero-order chi connectivity index (χ0) is 13.1. The molecule has 3 rings (SSSR count). The molecular weight excluding hydrogens is 309 g/mol. The van der Waals surface area contributed by atoms with Crippen LogP contribution in [-0.4, -0.2) is 30.5 Å². The number of aromatic nitrogens is 1. The van der Waals surface area contributed by atoms with E-state index in [4.69, 9.17) is 0 Å². The molecule has 2 aromatic rings. The van der Waals surface area contributed by atoms with Crippen molar-refractivity contribution < 1.29 is 4.79 Å². The molecule has 1 aliphatic heterocycles. The lowest BCUT2D eigenvalue weighted by atomic mass is 10.1. The SMILES string of the molecule is Cl.Cl.O=C(NCC1CCNC1)c1nccc2ccccc12. The van der Waals surface area contributed by atoms with E-state index in [1.54, 1.807) is 6.20 Å². The Morgan fingerprint density at radius 1 is 1.29 bits per heavy atom. The maximum Gasteiger partial charge on any atom is 0.270 e. The number of carbonyl (C=O) groups is 1. The van der Waals surface area contributed by atoms with Gasteiger partial charge in [0.1, 0.15) is 5.69 Å². The quantitative estimate of drug-likeness (QED) is 0.910. The number of pyridine rings is 1. The summed E-state index contributed by atoms with van der Waals surface area (Å²) in [4.78, 5) is 16.4. The second kappa shape index (κ2) is 8.17. The Hall–Kier alpha value is -1.36. The molecule has 21 heavy (non-hydrogen) atoms. The number of carbonyl (C=O) groups excluding carboxylic acids is 1. The Balaban J connectivity index is 0.00000110. The number of hydrogen-bond donors (Lipinski definition) is 2. The summed E-state index contributed by atoms with van der Waals surface area (Å²) in [6.45, 7) is 2.76. The maximum atomic E-state index is 12.2. The first-order valence-corrected chi connectivity index (χ1v) is 6.67. The Morgan fingerprint density at radius 3 is 2.86 bits per heavy atom. The van der Waals surface area contributed by atoms with Crippen molar-refractivity contribution in [2.45, 2.75) is 6.42 Å². The van der Waals surface area contributed by atoms with E-state index < -0.39 is 0 Å². The van der Waals surface area contributed by atoms with Gasteiger partial charge in [0.05, 0.1) is 0 Å². The van der Waals surface area contributed by atoms with E-state index >= 15 is 0 Å². The van der Waals surface area contributed by atoms with Crippen molar-refractivity contribution in [3.8, 4) is 0 Å². The van der Waals surface area contributed by atoms with Gasteiger partial charge in [-0.1, -0.05) is 24.3 Å². The van der Waals surface area contributed by atoms with Crippen molar-refractivity contribution in [3.63, 3.8) is 0 Å². The maximum absolute atomic E-state index is 12.2. The first-order valence-electron chi connectivity index (χ1n) is 6.67. The Morgan fingerprint density at radius 2 is 2.10 bits per heavy atom. The van der Waals surface area contributed by atoms with Gasteiger partial charge in [-0.05, 0) is 36.9 Å². The van der Waals surface area contributed by atoms with Crippen LogP contribution in [0.3, 0.4) is 0 Å². The third-order valence-corrected chi connectivity index (χ3v) is 3.60. The molecule has 1 atom stereocenters. The highest BCUT2D eigenvalue weighted by Crippen LogP contribution is 2.16. The molecule has 0 saturated carbocycles. The predicted molar refractivity (Wildman–Crippen MR) is 89.5 cm³/mol. The van der Waals surface area contributed by atoms with E-state index in [-0.39, 0.29) is 30.7 Å². The third-order valence-electron chi connectivity index (χ3n) is 3.60. The van der Waals surface area contributed by atoms with E-state index in [0.29, 0.717) is 11.6 Å². The number of nitrogens with zero attached hydrogens (tertiary/aromatic N) is 1. The zero-order valence-electron chi connectivity index (χ0n) is 11.5. The molecule has 1 amide bonds. The van der Waals surface area contributed by atoms with Crippen molar-refractivity contribution in [3.05, 3.63) is 42.2 Å². The van der Waals surface area contributed by atoms with Gasteiger partial charge in [-0.15, -0.1) is 24.8 Å². The summed E-state index contributed by atoms with van der Waals surface area (Å²) in [5, 5.41) is 8.25. The summed E-state index contributed by atoms with van der Waals surface area (Å²) in [5.74, 6) is 0.461. The largest absolute Gasteiger partial charge is 0.350 e. The van der Waals surface area contributed by atoms with E-state index in [0.717, 1.165) is 36.8 Å². The highest BCUT2D eigenvalue weighted by molar-refractivity contribution is 6.05. The fraction of sp³-hybridized carbons (Fsp3) is 0.333. The van der Waals surface area contributed by atoms with Crippen LogP contribution in [0.2, 0.25) is 0 Å². The van der Waals surface area contributed by atoms with E-state index in [1.165, 1.54) is 0 Å². The lowest BCUT2D eigenvalue weighted by Crippen LogP contribution is -2.30. The first-order chi connectivity index (χ1) is 9.34. The van der Waals surface area contributed by atoms with Crippen molar-refractivity contribution in [2.24, 2.45) is 5.92 Å². The number of nitrogens with one attached hydrogen (secondary N) is 2. The number of amides is 1. The van der Waals surface area contributed by atoms with Crippen molar-refractivity contribution in [1.29, 1.82) is 0 Å². The Labute approximate surface area is 136 Å². The molecule has 2 heterocycles. The van der Waals surface area contributed by atoms with Gasteiger partial charge < -0.3 is 10.6 Å². The van der Waals surface area contributed by atoms with Crippen LogP contribution in [0.25, 0.3) is 10.8 Å². The molecule has 1 saturated heterocycles. The van der Waals surface area contributed by atoms with Crippen LogP contribution >= 0.6 is 24.8 Å². The van der Waals surface area contributed by atoms with Crippen LogP contribution < -0.4 is 10.6 Å². The monoisotopic (exact) mass is 327 g/mol. The highest BCUT2D eigenvalue weighted by atomic mass is 35.5. The summed E-state index contributed by atoms with van der Waals surface area (Å²) >= 11 is 0. The standard InChI is InChI=1S/C15H17N3O.2ClH/c19-15(18-10-11-5-7-16-9-11)14-13-4-2-1-3-12(13)6-8-17-14;;/h1-4,6,8,11,16H,5,7,9-10H2,(H,18,19);2*1H. The minimum Gasteiger partial charge on any atom is -0.350 e. The molecule has 1 aromatic heterocycles. The van der Waals surface area contributed by atoms with Gasteiger partial charge >= 0.3 is 0 Å². The number of fused-ring (bicyclic) bond motifs is 1. The molecular formula is C15H19Cl2N3O. The van der Waals surface area contributed by atoms with Crippen LogP contribution in [-0.2, 0) is 0 Å². The normalized spacial score (nSPS) is 16.9. The summed E-state index contributed by atoms with van der Waals surface area (Å²) in [6, 6.07) is 9.76. The summed E-state index contributed by atoms with van der Waals surface area (Å²) < 4.78 is 0. The fourth-order valence-corrected chi connectivity index (χ4v) is 2.51. The van der Waals surface area contributed by atoms with Gasteiger partial charge in [0.15, 0.2) is 0 Å². The van der Waals surface area contributed by atoms with E-state index in [2.05, 4.69) is 15.6 Å². The van der Waals surface area contributed by atoms with Crippen molar-refractivity contribution >= 4 is 41.5 Å². The highest BCUT2D eigenvalue weighted by Gasteiger charge is 2.17. The lowest BCUT2D eigenvalue weighted by Gasteiger charge is -2.10. The van der Waals surface area contributed by atoms with Crippen LogP contribution in [0.15, 0.2) is 36.5 Å². The molecule has 1 aliphatic rings. The average molecular weight is 328 g/mol. The molecule has 0 radical (unpaired) electrons. The van der Waals surface area contributed by atoms with Gasteiger partial charge in [0, 0.05) is 18.1 Å². The van der Waals surface area contributed by atoms with Gasteiger partial charge in [-0.3, -0.25) is 9.78 Å². The topological polar surface area (TPSA) is 54.0 Å². The molecule has 4 nitrogen and oxygen atoms in total. The molecule has 1 unspecified atom stereocenters. The summed E-state index contributed by atoms with van der Waals surface area (Å²) in [6.07, 6.45) is 2.82. The third kappa shape index (κ3) is 4.06. The van der Waals surface area contributed by atoms with Crippen LogP contribution in [0.4, 0.5) is 0 Å². The second-order valence-corrected chi connectivity index (χ2v) is 4.95. The molecule has 0 spiro atoms. The minimum atomic E-state index is -0.0799. The molecule has 1 aromatic carbocycles. The van der Waals surface area contributed by atoms with Gasteiger partial charge in [-0.2, -0.15) is 0 Å². The number of hydrogen-bond acceptors (Lipinski definition) is 3. The molecule has 1 fully saturated rings. The van der Waals surface area contributed by atoms with Gasteiger partial charge in [0.25, 0.3) is 5.91 Å². The van der Waals surface area contributed by atoms with Crippen molar-refractivity contribution in [1.82, 2.24) is 15.6 Å². The molecule has 0 bridgehead atoms. The number of rotatable bonds is 3. The second-order valence-electron chi connectivity index (χ2n) is 4.95. The van der Waals surface area contributed by atoms with Crippen LogP contribution in [0.5, 0.6) is 0 Å². The van der Waals surface area contributed by atoms with E-state index in [9.17, 15) is 4.79 Å². The lowest BCUT2D eigenvalue weighted by molar-refractivity contribution is 0.0945. The smallest absolute Gasteiger partial charge is 0.270 e. The number of halogens is 2. The fourth-order valence-electron chi connectivity index (χ4n) is 2.51. The zero-order valence-corrected chi connectivity index (χ0v) is 13.2. The Kier molecular flexibility index (Phi) is 6.89. The molecule has 0 aliphatic carbocycles. The van der Waals surface area contributed by atoms with Gasteiger partial charge in [-0.25, -0.2) is 0 Å². The number of benzene rings is 1. The van der Waals surface area contributed by atoms with E-state index in [1.807, 2.05) is 30.3 Å². The predicted octanol–water partition coefficient (Wildman–Crippen LogP) is 2.42. The first kappa shape index (κ1) is 17.7. The molecule has 2 N–H and O–H groups in total. The summed E-state index contributed by atoms with van der Waals surface area (Å²) in [5.41, 5.74) is 0.518. The summed E-state index contributed by atoms with van der Waals surface area (Å²) in [7, 11) is 0. The van der Waals surface area contributed by atoms with Gasteiger partial charge in [0.2, 0.25) is 0 Å². The van der Waals surface area contributed by atoms with Crippen LogP contribution in [0.1, 0.15) is 16.9 Å². The minimum absolute atomic E-state index is 0. The average Bonchev–Trinajstić information content (AvgIpc) is 2.97. The molecule has 114 valence electrons. The molecule has 6 heteroatoms.